The minimum atomic E-state index is -3.81. The zero-order valence-corrected chi connectivity index (χ0v) is 11.9. The summed E-state index contributed by atoms with van der Waals surface area (Å²) in [5.74, 6) is 0. The summed E-state index contributed by atoms with van der Waals surface area (Å²) in [5, 5.41) is 14.1. The van der Waals surface area contributed by atoms with E-state index in [4.69, 9.17) is 11.6 Å². The van der Waals surface area contributed by atoms with Gasteiger partial charge in [0.2, 0.25) is 0 Å². The van der Waals surface area contributed by atoms with Crippen molar-refractivity contribution in [2.24, 2.45) is 0 Å². The lowest BCUT2D eigenvalue weighted by atomic mass is 10.3. The van der Waals surface area contributed by atoms with E-state index in [1.807, 2.05) is 0 Å². The lowest BCUT2D eigenvalue weighted by molar-refractivity contribution is -0.383. The molecule has 1 aliphatic rings. The van der Waals surface area contributed by atoms with E-state index in [2.05, 4.69) is 10.0 Å². The number of nitro benzene ring substituents is 1. The molecule has 10 heteroatoms. The van der Waals surface area contributed by atoms with Crippen molar-refractivity contribution in [3.63, 3.8) is 0 Å². The normalized spacial score (nSPS) is 16.9. The van der Waals surface area contributed by atoms with Gasteiger partial charge in [0.1, 0.15) is 5.69 Å². The zero-order valence-electron chi connectivity index (χ0n) is 10.4. The highest BCUT2D eigenvalue weighted by Gasteiger charge is 2.26. The summed E-state index contributed by atoms with van der Waals surface area (Å²) in [6.07, 6.45) is 0. The molecule has 0 spiro atoms. The van der Waals surface area contributed by atoms with Gasteiger partial charge in [0.15, 0.2) is 0 Å². The summed E-state index contributed by atoms with van der Waals surface area (Å²) >= 11 is 5.68. The Labute approximate surface area is 121 Å². The van der Waals surface area contributed by atoms with E-state index in [0.29, 0.717) is 26.2 Å². The molecule has 0 amide bonds. The topological polar surface area (TPSA) is 105 Å². The van der Waals surface area contributed by atoms with Crippen molar-refractivity contribution < 1.29 is 13.3 Å². The number of nitrogens with zero attached hydrogens (tertiary/aromatic N) is 2. The fourth-order valence-corrected chi connectivity index (χ4v) is 3.24. The minimum absolute atomic E-state index is 0.0991. The van der Waals surface area contributed by atoms with Crippen LogP contribution in [-0.4, -0.2) is 43.8 Å². The van der Waals surface area contributed by atoms with Gasteiger partial charge in [0, 0.05) is 37.3 Å². The molecule has 0 unspecified atom stereocenters. The molecule has 0 radical (unpaired) electrons. The first-order chi connectivity index (χ1) is 9.40. The van der Waals surface area contributed by atoms with Gasteiger partial charge < -0.3 is 5.32 Å². The van der Waals surface area contributed by atoms with Crippen molar-refractivity contribution >= 4 is 33.2 Å². The fourth-order valence-electron chi connectivity index (χ4n) is 1.83. The third kappa shape index (κ3) is 3.37. The van der Waals surface area contributed by atoms with Crippen LogP contribution in [0.15, 0.2) is 18.2 Å². The molecule has 0 saturated carbocycles. The number of halogens is 1. The second-order valence-corrected chi connectivity index (χ2v) is 6.28. The van der Waals surface area contributed by atoms with E-state index >= 15 is 0 Å². The fraction of sp³-hybridized carbons (Fsp3) is 0.400. The molecular formula is C10H13ClN4O4S. The van der Waals surface area contributed by atoms with Crippen molar-refractivity contribution in [3.8, 4) is 0 Å². The maximum Gasteiger partial charge on any atom is 0.301 e. The molecule has 1 saturated heterocycles. The third-order valence-corrected chi connectivity index (χ3v) is 4.57. The SMILES string of the molecule is O=[N+]([O-])c1cc(Cl)ccc1NS(=O)(=O)N1CCNCC1. The number of piperazine rings is 1. The smallest absolute Gasteiger partial charge is 0.301 e. The van der Waals surface area contributed by atoms with Gasteiger partial charge in [-0.1, -0.05) is 11.6 Å². The zero-order chi connectivity index (χ0) is 14.8. The van der Waals surface area contributed by atoms with Gasteiger partial charge in [-0.3, -0.25) is 14.8 Å². The summed E-state index contributed by atoms with van der Waals surface area (Å²) in [4.78, 5) is 10.2. The molecule has 8 nitrogen and oxygen atoms in total. The van der Waals surface area contributed by atoms with Gasteiger partial charge in [-0.2, -0.15) is 12.7 Å². The highest BCUT2D eigenvalue weighted by Crippen LogP contribution is 2.28. The van der Waals surface area contributed by atoms with E-state index in [1.165, 1.54) is 16.4 Å². The van der Waals surface area contributed by atoms with Crippen molar-refractivity contribution in [2.75, 3.05) is 30.9 Å². The molecule has 1 heterocycles. The van der Waals surface area contributed by atoms with E-state index in [-0.39, 0.29) is 16.4 Å². The Morgan fingerprint density at radius 3 is 2.60 bits per heavy atom. The predicted octanol–water partition coefficient (Wildman–Crippen LogP) is 0.810. The molecule has 110 valence electrons. The van der Waals surface area contributed by atoms with Crippen LogP contribution in [0.25, 0.3) is 0 Å². The number of nitro groups is 1. The molecule has 2 N–H and O–H groups in total. The number of rotatable bonds is 4. The molecule has 20 heavy (non-hydrogen) atoms. The van der Waals surface area contributed by atoms with Crippen LogP contribution >= 0.6 is 11.6 Å². The van der Waals surface area contributed by atoms with Crippen LogP contribution in [0, 0.1) is 10.1 Å². The highest BCUT2D eigenvalue weighted by molar-refractivity contribution is 7.90. The monoisotopic (exact) mass is 320 g/mol. The first-order valence-corrected chi connectivity index (χ1v) is 7.64. The molecule has 1 aliphatic heterocycles. The summed E-state index contributed by atoms with van der Waals surface area (Å²) < 4.78 is 27.8. The molecule has 1 aromatic carbocycles. The number of nitrogens with one attached hydrogen (secondary N) is 2. The van der Waals surface area contributed by atoms with E-state index in [0.717, 1.165) is 6.07 Å². The van der Waals surface area contributed by atoms with Gasteiger partial charge in [0.05, 0.1) is 4.92 Å². The van der Waals surface area contributed by atoms with Gasteiger partial charge >= 0.3 is 10.2 Å². The Balaban J connectivity index is 2.27. The molecule has 1 fully saturated rings. The first kappa shape index (κ1) is 15.0. The van der Waals surface area contributed by atoms with E-state index < -0.39 is 15.1 Å². The Hall–Kier alpha value is -1.42. The first-order valence-electron chi connectivity index (χ1n) is 5.83. The molecule has 0 atom stereocenters. The Morgan fingerprint density at radius 2 is 2.00 bits per heavy atom. The number of hydrogen-bond donors (Lipinski definition) is 2. The van der Waals surface area contributed by atoms with Gasteiger partial charge in [0.25, 0.3) is 5.69 Å². The van der Waals surface area contributed by atoms with Crippen molar-refractivity contribution in [1.82, 2.24) is 9.62 Å². The van der Waals surface area contributed by atoms with E-state index in [9.17, 15) is 18.5 Å². The summed E-state index contributed by atoms with van der Waals surface area (Å²) in [6.45, 7) is 1.72. The molecule has 0 aliphatic carbocycles. The van der Waals surface area contributed by atoms with Crippen LogP contribution in [0.3, 0.4) is 0 Å². The van der Waals surface area contributed by atoms with Gasteiger partial charge in [-0.05, 0) is 12.1 Å². The van der Waals surface area contributed by atoms with Crippen LogP contribution < -0.4 is 10.0 Å². The Bertz CT molecular complexity index is 616. The second-order valence-electron chi connectivity index (χ2n) is 4.17. The maximum atomic E-state index is 12.1. The highest BCUT2D eigenvalue weighted by atomic mass is 35.5. The van der Waals surface area contributed by atoms with E-state index in [1.54, 1.807) is 0 Å². The van der Waals surface area contributed by atoms with Crippen molar-refractivity contribution in [3.05, 3.63) is 33.3 Å². The third-order valence-electron chi connectivity index (χ3n) is 2.81. The van der Waals surface area contributed by atoms with Crippen LogP contribution in [0.1, 0.15) is 0 Å². The lowest BCUT2D eigenvalue weighted by Crippen LogP contribution is -2.48. The van der Waals surface area contributed by atoms with Crippen molar-refractivity contribution in [2.45, 2.75) is 0 Å². The average Bonchev–Trinajstić information content (AvgIpc) is 2.41. The largest absolute Gasteiger partial charge is 0.314 e. The summed E-state index contributed by atoms with van der Waals surface area (Å²) in [6, 6.07) is 3.78. The molecule has 0 bridgehead atoms. The summed E-state index contributed by atoms with van der Waals surface area (Å²) in [5.41, 5.74) is -0.478. The average molecular weight is 321 g/mol. The van der Waals surface area contributed by atoms with Crippen LogP contribution in [0.2, 0.25) is 5.02 Å². The molecule has 1 aromatic rings. The summed E-state index contributed by atoms with van der Waals surface area (Å²) in [7, 11) is -3.81. The standard InChI is InChI=1S/C10H13ClN4O4S/c11-8-1-2-9(10(7-8)15(16)17)13-20(18,19)14-5-3-12-4-6-14/h1-2,7,12-13H,3-6H2. The quantitative estimate of drug-likeness (QED) is 0.631. The number of anilines is 1. The number of hydrogen-bond acceptors (Lipinski definition) is 5. The molecular weight excluding hydrogens is 308 g/mol. The molecule has 0 aromatic heterocycles. The maximum absolute atomic E-state index is 12.1. The van der Waals surface area contributed by atoms with Gasteiger partial charge in [-0.15, -0.1) is 0 Å². The predicted molar refractivity (Wildman–Crippen MR) is 75.1 cm³/mol. The van der Waals surface area contributed by atoms with Crippen LogP contribution in [-0.2, 0) is 10.2 Å². The number of benzene rings is 1. The van der Waals surface area contributed by atoms with Gasteiger partial charge in [-0.25, -0.2) is 0 Å². The Morgan fingerprint density at radius 1 is 1.35 bits per heavy atom. The second kappa shape index (κ2) is 5.92. The van der Waals surface area contributed by atoms with Crippen LogP contribution in [0.5, 0.6) is 0 Å². The lowest BCUT2D eigenvalue weighted by Gasteiger charge is -2.26. The minimum Gasteiger partial charge on any atom is -0.314 e. The van der Waals surface area contributed by atoms with Crippen molar-refractivity contribution in [1.29, 1.82) is 0 Å². The molecule has 2 rings (SSSR count). The Kier molecular flexibility index (Phi) is 4.43. The van der Waals surface area contributed by atoms with Crippen LogP contribution in [0.4, 0.5) is 11.4 Å².